The molecule has 0 unspecified atom stereocenters. The van der Waals surface area contributed by atoms with Crippen LogP contribution in [0.4, 0.5) is 5.69 Å². The van der Waals surface area contributed by atoms with Crippen molar-refractivity contribution in [3.63, 3.8) is 0 Å². The molecule has 156 valence electrons. The second-order valence-corrected chi connectivity index (χ2v) is 8.65. The number of para-hydroxylation sites is 1. The fourth-order valence-corrected chi connectivity index (χ4v) is 4.54. The molecular formula is C25H21NO3S2. The van der Waals surface area contributed by atoms with Crippen LogP contribution < -0.4 is 14.4 Å². The lowest BCUT2D eigenvalue weighted by molar-refractivity contribution is -0.113. The Kier molecular flexibility index (Phi) is 6.39. The molecule has 1 heterocycles. The van der Waals surface area contributed by atoms with E-state index in [1.54, 1.807) is 12.0 Å². The molecule has 0 spiro atoms. The summed E-state index contributed by atoms with van der Waals surface area (Å²) in [6, 6.07) is 23.2. The standard InChI is InChI=1S/C25H21NO3S2/c1-17-8-6-7-9-19(17)16-29-21-13-12-18(14-22(21)28-2)15-23-24(27)26(25(30)31-23)20-10-4-3-5-11-20/h3-15H,16H2,1-2H3/b23-15-. The third-order valence-corrected chi connectivity index (χ3v) is 6.24. The highest BCUT2D eigenvalue weighted by Crippen LogP contribution is 2.37. The zero-order chi connectivity index (χ0) is 21.8. The van der Waals surface area contributed by atoms with E-state index >= 15 is 0 Å². The summed E-state index contributed by atoms with van der Waals surface area (Å²) in [4.78, 5) is 15.1. The van der Waals surface area contributed by atoms with Crippen molar-refractivity contribution in [1.82, 2.24) is 0 Å². The minimum Gasteiger partial charge on any atom is -0.493 e. The summed E-state index contributed by atoms with van der Waals surface area (Å²) in [7, 11) is 1.61. The highest BCUT2D eigenvalue weighted by atomic mass is 32.2. The second kappa shape index (κ2) is 9.37. The molecule has 31 heavy (non-hydrogen) atoms. The molecule has 1 saturated heterocycles. The lowest BCUT2D eigenvalue weighted by atomic mass is 10.1. The van der Waals surface area contributed by atoms with Crippen LogP contribution in [0, 0.1) is 6.92 Å². The molecule has 0 saturated carbocycles. The average Bonchev–Trinajstić information content (AvgIpc) is 3.07. The Morgan fingerprint density at radius 2 is 1.74 bits per heavy atom. The van der Waals surface area contributed by atoms with Gasteiger partial charge < -0.3 is 9.47 Å². The van der Waals surface area contributed by atoms with Gasteiger partial charge in [-0.15, -0.1) is 0 Å². The van der Waals surface area contributed by atoms with Gasteiger partial charge in [0.25, 0.3) is 5.91 Å². The van der Waals surface area contributed by atoms with Crippen molar-refractivity contribution in [3.8, 4) is 11.5 Å². The Morgan fingerprint density at radius 3 is 2.48 bits per heavy atom. The van der Waals surface area contributed by atoms with E-state index < -0.39 is 0 Å². The highest BCUT2D eigenvalue weighted by Gasteiger charge is 2.33. The van der Waals surface area contributed by atoms with Gasteiger partial charge in [0.1, 0.15) is 6.61 Å². The topological polar surface area (TPSA) is 38.8 Å². The van der Waals surface area contributed by atoms with Crippen LogP contribution in [-0.4, -0.2) is 17.3 Å². The zero-order valence-electron chi connectivity index (χ0n) is 17.2. The molecule has 0 N–H and O–H groups in total. The summed E-state index contributed by atoms with van der Waals surface area (Å²) < 4.78 is 12.0. The maximum absolute atomic E-state index is 12.9. The van der Waals surface area contributed by atoms with Gasteiger partial charge in [0.05, 0.1) is 17.7 Å². The summed E-state index contributed by atoms with van der Waals surface area (Å²) in [5, 5.41) is 0. The zero-order valence-corrected chi connectivity index (χ0v) is 18.8. The van der Waals surface area contributed by atoms with Crippen molar-refractivity contribution in [3.05, 3.63) is 94.4 Å². The average molecular weight is 448 g/mol. The number of methoxy groups -OCH3 is 1. The molecule has 0 bridgehead atoms. The molecule has 0 aromatic heterocycles. The van der Waals surface area contributed by atoms with Crippen molar-refractivity contribution >= 4 is 46.0 Å². The van der Waals surface area contributed by atoms with Gasteiger partial charge in [-0.3, -0.25) is 9.69 Å². The Bertz CT molecular complexity index is 1160. The predicted molar refractivity (Wildman–Crippen MR) is 131 cm³/mol. The molecule has 1 fully saturated rings. The van der Waals surface area contributed by atoms with Crippen LogP contribution >= 0.6 is 24.0 Å². The molecule has 1 aliphatic rings. The van der Waals surface area contributed by atoms with Gasteiger partial charge in [0.15, 0.2) is 15.8 Å². The van der Waals surface area contributed by atoms with Crippen molar-refractivity contribution in [2.45, 2.75) is 13.5 Å². The largest absolute Gasteiger partial charge is 0.493 e. The van der Waals surface area contributed by atoms with Crippen molar-refractivity contribution in [2.75, 3.05) is 12.0 Å². The van der Waals surface area contributed by atoms with E-state index in [0.717, 1.165) is 16.8 Å². The minimum absolute atomic E-state index is 0.125. The smallest absolute Gasteiger partial charge is 0.270 e. The van der Waals surface area contributed by atoms with Crippen LogP contribution in [0.2, 0.25) is 0 Å². The Labute approximate surface area is 191 Å². The number of hydrogen-bond donors (Lipinski definition) is 0. The van der Waals surface area contributed by atoms with Crippen LogP contribution in [0.5, 0.6) is 11.5 Å². The van der Waals surface area contributed by atoms with Crippen LogP contribution in [-0.2, 0) is 11.4 Å². The summed E-state index contributed by atoms with van der Waals surface area (Å²) in [6.45, 7) is 2.52. The molecule has 1 aliphatic heterocycles. The third-order valence-electron chi connectivity index (χ3n) is 4.94. The monoisotopic (exact) mass is 447 g/mol. The minimum atomic E-state index is -0.125. The van der Waals surface area contributed by atoms with Crippen molar-refractivity contribution in [1.29, 1.82) is 0 Å². The number of ether oxygens (including phenoxy) is 2. The van der Waals surface area contributed by atoms with Gasteiger partial charge in [-0.25, -0.2) is 0 Å². The van der Waals surface area contributed by atoms with E-state index in [1.807, 2.05) is 72.8 Å². The van der Waals surface area contributed by atoms with E-state index in [0.29, 0.717) is 27.3 Å². The first-order valence-corrected chi connectivity index (χ1v) is 11.0. The fourth-order valence-electron chi connectivity index (χ4n) is 3.24. The first-order chi connectivity index (χ1) is 15.1. The number of hydrogen-bond acceptors (Lipinski definition) is 5. The maximum Gasteiger partial charge on any atom is 0.270 e. The molecular weight excluding hydrogens is 426 g/mol. The van der Waals surface area contributed by atoms with Crippen LogP contribution in [0.25, 0.3) is 6.08 Å². The van der Waals surface area contributed by atoms with E-state index in [2.05, 4.69) is 13.0 Å². The lowest BCUT2D eigenvalue weighted by Crippen LogP contribution is -2.27. The van der Waals surface area contributed by atoms with Crippen molar-refractivity contribution < 1.29 is 14.3 Å². The van der Waals surface area contributed by atoms with Crippen molar-refractivity contribution in [2.24, 2.45) is 0 Å². The summed E-state index contributed by atoms with van der Waals surface area (Å²) in [5.41, 5.74) is 3.91. The number of rotatable bonds is 6. The molecule has 4 rings (SSSR count). The van der Waals surface area contributed by atoms with E-state index in [-0.39, 0.29) is 5.91 Å². The fraction of sp³-hybridized carbons (Fsp3) is 0.120. The predicted octanol–water partition coefficient (Wildman–Crippen LogP) is 5.99. The number of thioether (sulfide) groups is 1. The first-order valence-electron chi connectivity index (χ1n) is 9.75. The molecule has 0 aliphatic carbocycles. The van der Waals surface area contributed by atoms with Gasteiger partial charge in [0.2, 0.25) is 0 Å². The third kappa shape index (κ3) is 4.65. The van der Waals surface area contributed by atoms with Crippen LogP contribution in [0.15, 0.2) is 77.7 Å². The highest BCUT2D eigenvalue weighted by molar-refractivity contribution is 8.27. The molecule has 1 amide bonds. The molecule has 0 radical (unpaired) electrons. The van der Waals surface area contributed by atoms with Crippen LogP contribution in [0.1, 0.15) is 16.7 Å². The number of aryl methyl sites for hydroxylation is 1. The molecule has 4 nitrogen and oxygen atoms in total. The van der Waals surface area contributed by atoms with Gasteiger partial charge in [-0.2, -0.15) is 0 Å². The molecule has 3 aromatic carbocycles. The van der Waals surface area contributed by atoms with Crippen LogP contribution in [0.3, 0.4) is 0 Å². The van der Waals surface area contributed by atoms with E-state index in [1.165, 1.54) is 17.3 Å². The lowest BCUT2D eigenvalue weighted by Gasteiger charge is -2.14. The number of thiocarbonyl (C=S) groups is 1. The summed E-state index contributed by atoms with van der Waals surface area (Å²) >= 11 is 6.73. The SMILES string of the molecule is COc1cc(/C=C2\SC(=S)N(c3ccccc3)C2=O)ccc1OCc1ccccc1C. The number of carbonyl (C=O) groups excluding carboxylic acids is 1. The van der Waals surface area contributed by atoms with Gasteiger partial charge in [0, 0.05) is 0 Å². The summed E-state index contributed by atoms with van der Waals surface area (Å²) in [5.74, 6) is 1.14. The quantitative estimate of drug-likeness (QED) is 0.343. The number of anilines is 1. The van der Waals surface area contributed by atoms with E-state index in [4.69, 9.17) is 21.7 Å². The number of amides is 1. The van der Waals surface area contributed by atoms with Gasteiger partial charge in [-0.1, -0.05) is 72.5 Å². The molecule has 0 atom stereocenters. The molecule has 3 aromatic rings. The van der Waals surface area contributed by atoms with Gasteiger partial charge >= 0.3 is 0 Å². The second-order valence-electron chi connectivity index (χ2n) is 6.98. The number of benzene rings is 3. The first kappa shape index (κ1) is 21.2. The molecule has 6 heteroatoms. The Morgan fingerprint density at radius 1 is 1.00 bits per heavy atom. The Hall–Kier alpha value is -3.09. The van der Waals surface area contributed by atoms with Gasteiger partial charge in [-0.05, 0) is 54.0 Å². The number of carbonyl (C=O) groups is 1. The maximum atomic E-state index is 12.9. The van der Waals surface area contributed by atoms with E-state index in [9.17, 15) is 4.79 Å². The summed E-state index contributed by atoms with van der Waals surface area (Å²) in [6.07, 6.45) is 1.83. The number of nitrogens with zero attached hydrogens (tertiary/aromatic N) is 1. The Balaban J connectivity index is 1.54. The normalized spacial score (nSPS) is 14.9.